The molecule has 1 rings (SSSR count). The van der Waals surface area contributed by atoms with Gasteiger partial charge in [0.25, 0.3) is 0 Å². The topological polar surface area (TPSA) is 58.3 Å². The molecule has 0 fully saturated rings. The second-order valence-electron chi connectivity index (χ2n) is 4.24. The fourth-order valence-corrected chi connectivity index (χ4v) is 1.18. The van der Waals surface area contributed by atoms with Gasteiger partial charge in [0.1, 0.15) is 0 Å². The van der Waals surface area contributed by atoms with Crippen LogP contribution in [0.4, 0.5) is 11.4 Å². The first kappa shape index (κ1) is 10.9. The molecule has 0 atom stereocenters. The van der Waals surface area contributed by atoms with Gasteiger partial charge in [0, 0.05) is 11.4 Å². The highest BCUT2D eigenvalue weighted by molar-refractivity contribution is 5.60. The van der Waals surface area contributed by atoms with Crippen molar-refractivity contribution in [2.24, 2.45) is 0 Å². The van der Waals surface area contributed by atoms with Gasteiger partial charge >= 0.3 is 0 Å². The summed E-state index contributed by atoms with van der Waals surface area (Å²) in [4.78, 5) is 0. The molecule has 3 heteroatoms. The molecule has 0 heterocycles. The molecular weight excluding hydrogens is 176 g/mol. The van der Waals surface area contributed by atoms with E-state index in [1.807, 2.05) is 39.0 Å². The van der Waals surface area contributed by atoms with Crippen LogP contribution in [0.2, 0.25) is 0 Å². The molecule has 0 unspecified atom stereocenters. The highest BCUT2D eigenvalue weighted by Gasteiger charge is 2.16. The Labute approximate surface area is 84.9 Å². The van der Waals surface area contributed by atoms with Gasteiger partial charge in [-0.05, 0) is 38.5 Å². The van der Waals surface area contributed by atoms with E-state index in [0.717, 1.165) is 16.9 Å². The van der Waals surface area contributed by atoms with Crippen LogP contribution in [-0.2, 0) is 0 Å². The summed E-state index contributed by atoms with van der Waals surface area (Å²) in [5.74, 6) is 0. The maximum absolute atomic E-state index is 9.12. The number of hydrogen-bond donors (Lipinski definition) is 3. The average Bonchev–Trinajstić information content (AvgIpc) is 2.11. The van der Waals surface area contributed by atoms with Crippen molar-refractivity contribution in [2.75, 3.05) is 17.7 Å². The van der Waals surface area contributed by atoms with E-state index >= 15 is 0 Å². The van der Waals surface area contributed by atoms with Crippen molar-refractivity contribution >= 4 is 11.4 Å². The largest absolute Gasteiger partial charge is 0.399 e. The van der Waals surface area contributed by atoms with Gasteiger partial charge < -0.3 is 16.2 Å². The SMILES string of the molecule is Cc1ccc(N)cc1NC(C)(C)CO. The fourth-order valence-electron chi connectivity index (χ4n) is 1.18. The Morgan fingerprint density at radius 1 is 1.43 bits per heavy atom. The first-order valence-corrected chi connectivity index (χ1v) is 4.70. The number of aliphatic hydroxyl groups excluding tert-OH is 1. The minimum absolute atomic E-state index is 0.0846. The second kappa shape index (κ2) is 3.88. The molecule has 4 N–H and O–H groups in total. The molecule has 0 aliphatic carbocycles. The number of aliphatic hydroxyl groups is 1. The van der Waals surface area contributed by atoms with Crippen LogP contribution in [0.5, 0.6) is 0 Å². The third-order valence-electron chi connectivity index (χ3n) is 2.13. The number of nitrogens with one attached hydrogen (secondary N) is 1. The van der Waals surface area contributed by atoms with Gasteiger partial charge in [-0.15, -0.1) is 0 Å². The number of nitrogens with two attached hydrogens (primary N) is 1. The van der Waals surface area contributed by atoms with E-state index in [2.05, 4.69) is 5.32 Å². The Balaban J connectivity index is 2.91. The zero-order valence-electron chi connectivity index (χ0n) is 8.96. The molecule has 1 aromatic rings. The molecular formula is C11H18N2O. The molecule has 0 spiro atoms. The van der Waals surface area contributed by atoms with Crippen LogP contribution in [-0.4, -0.2) is 17.3 Å². The summed E-state index contributed by atoms with van der Waals surface area (Å²) < 4.78 is 0. The monoisotopic (exact) mass is 194 g/mol. The summed E-state index contributed by atoms with van der Waals surface area (Å²) in [6.45, 7) is 5.97. The number of nitrogen functional groups attached to an aromatic ring is 1. The Morgan fingerprint density at radius 3 is 2.64 bits per heavy atom. The molecule has 0 saturated carbocycles. The summed E-state index contributed by atoms with van der Waals surface area (Å²) in [5, 5.41) is 12.4. The molecule has 0 aromatic heterocycles. The number of benzene rings is 1. The minimum Gasteiger partial charge on any atom is -0.399 e. The number of aryl methyl sites for hydroxylation is 1. The van der Waals surface area contributed by atoms with E-state index in [-0.39, 0.29) is 12.1 Å². The predicted octanol–water partition coefficient (Wildman–Crippen LogP) is 1.76. The number of rotatable bonds is 3. The van der Waals surface area contributed by atoms with E-state index in [9.17, 15) is 0 Å². The van der Waals surface area contributed by atoms with Crippen molar-refractivity contribution in [3.05, 3.63) is 23.8 Å². The Bertz CT molecular complexity index is 321. The van der Waals surface area contributed by atoms with Gasteiger partial charge in [-0.25, -0.2) is 0 Å². The van der Waals surface area contributed by atoms with Crippen LogP contribution in [0, 0.1) is 6.92 Å². The van der Waals surface area contributed by atoms with Crippen LogP contribution < -0.4 is 11.1 Å². The van der Waals surface area contributed by atoms with Gasteiger partial charge in [0.2, 0.25) is 0 Å². The van der Waals surface area contributed by atoms with Crippen LogP contribution in [0.15, 0.2) is 18.2 Å². The number of hydrogen-bond acceptors (Lipinski definition) is 3. The molecule has 14 heavy (non-hydrogen) atoms. The molecule has 3 nitrogen and oxygen atoms in total. The molecule has 0 bridgehead atoms. The van der Waals surface area contributed by atoms with E-state index in [0.29, 0.717) is 0 Å². The molecule has 0 aliphatic rings. The van der Waals surface area contributed by atoms with Crippen molar-refractivity contribution in [3.8, 4) is 0 Å². The van der Waals surface area contributed by atoms with Gasteiger partial charge in [-0.1, -0.05) is 6.07 Å². The third-order valence-corrected chi connectivity index (χ3v) is 2.13. The van der Waals surface area contributed by atoms with Gasteiger partial charge in [-0.2, -0.15) is 0 Å². The van der Waals surface area contributed by atoms with Crippen molar-refractivity contribution in [3.63, 3.8) is 0 Å². The zero-order valence-corrected chi connectivity index (χ0v) is 8.96. The zero-order chi connectivity index (χ0) is 10.8. The lowest BCUT2D eigenvalue weighted by atomic mass is 10.1. The van der Waals surface area contributed by atoms with Crippen molar-refractivity contribution < 1.29 is 5.11 Å². The molecule has 0 saturated heterocycles. The highest BCUT2D eigenvalue weighted by Crippen LogP contribution is 2.21. The maximum Gasteiger partial charge on any atom is 0.0656 e. The maximum atomic E-state index is 9.12. The Morgan fingerprint density at radius 2 is 2.07 bits per heavy atom. The summed E-state index contributed by atoms with van der Waals surface area (Å²) in [6, 6.07) is 5.71. The molecule has 0 radical (unpaired) electrons. The van der Waals surface area contributed by atoms with Crippen molar-refractivity contribution in [2.45, 2.75) is 26.3 Å². The second-order valence-corrected chi connectivity index (χ2v) is 4.24. The molecule has 78 valence electrons. The first-order chi connectivity index (χ1) is 6.44. The van der Waals surface area contributed by atoms with Crippen LogP contribution in [0.25, 0.3) is 0 Å². The van der Waals surface area contributed by atoms with Gasteiger partial charge in [0.05, 0.1) is 12.1 Å². The standard InChI is InChI=1S/C11H18N2O/c1-8-4-5-9(12)6-10(8)13-11(2,3)7-14/h4-6,13-14H,7,12H2,1-3H3. The lowest BCUT2D eigenvalue weighted by Gasteiger charge is -2.26. The van der Waals surface area contributed by atoms with Gasteiger partial charge in [0.15, 0.2) is 0 Å². The summed E-state index contributed by atoms with van der Waals surface area (Å²) >= 11 is 0. The van der Waals surface area contributed by atoms with Gasteiger partial charge in [-0.3, -0.25) is 0 Å². The molecule has 0 aliphatic heterocycles. The minimum atomic E-state index is -0.321. The quantitative estimate of drug-likeness (QED) is 0.643. The third kappa shape index (κ3) is 2.64. The van der Waals surface area contributed by atoms with E-state index in [1.165, 1.54) is 0 Å². The highest BCUT2D eigenvalue weighted by atomic mass is 16.3. The predicted molar refractivity (Wildman–Crippen MR) is 60.4 cm³/mol. The summed E-state index contributed by atoms with van der Waals surface area (Å²) in [5.41, 5.74) is 8.19. The Kier molecular flexibility index (Phi) is 3.01. The first-order valence-electron chi connectivity index (χ1n) is 4.70. The fraction of sp³-hybridized carbons (Fsp3) is 0.455. The van der Waals surface area contributed by atoms with Crippen LogP contribution in [0.1, 0.15) is 19.4 Å². The normalized spacial score (nSPS) is 11.4. The lowest BCUT2D eigenvalue weighted by molar-refractivity contribution is 0.234. The summed E-state index contributed by atoms with van der Waals surface area (Å²) in [6.07, 6.45) is 0. The Hall–Kier alpha value is -1.22. The average molecular weight is 194 g/mol. The van der Waals surface area contributed by atoms with Crippen molar-refractivity contribution in [1.29, 1.82) is 0 Å². The number of anilines is 2. The van der Waals surface area contributed by atoms with E-state index in [4.69, 9.17) is 10.8 Å². The van der Waals surface area contributed by atoms with E-state index in [1.54, 1.807) is 0 Å². The van der Waals surface area contributed by atoms with Crippen LogP contribution >= 0.6 is 0 Å². The molecule has 1 aromatic carbocycles. The van der Waals surface area contributed by atoms with Crippen LogP contribution in [0.3, 0.4) is 0 Å². The van der Waals surface area contributed by atoms with E-state index < -0.39 is 0 Å². The molecule has 0 amide bonds. The smallest absolute Gasteiger partial charge is 0.0656 e. The summed E-state index contributed by atoms with van der Waals surface area (Å²) in [7, 11) is 0. The van der Waals surface area contributed by atoms with Crippen molar-refractivity contribution in [1.82, 2.24) is 0 Å². The lowest BCUT2D eigenvalue weighted by Crippen LogP contribution is -2.35.